The van der Waals surface area contributed by atoms with Gasteiger partial charge >= 0.3 is 23.9 Å². The van der Waals surface area contributed by atoms with Crippen LogP contribution in [0.4, 0.5) is 0 Å². The average molecular weight is 535 g/mol. The van der Waals surface area contributed by atoms with E-state index in [0.717, 1.165) is 0 Å². The maximum atomic E-state index is 11.9. The molecule has 13 heteroatoms. The maximum Gasteiger partial charge on any atom is 0.320 e. The second-order valence-corrected chi connectivity index (χ2v) is 8.44. The molecule has 0 saturated heterocycles. The van der Waals surface area contributed by atoms with Crippen molar-refractivity contribution >= 4 is 23.9 Å². The van der Waals surface area contributed by atoms with Crippen LogP contribution in [-0.2, 0) is 49.3 Å². The number of carboxylic acid groups (broad SMARTS) is 4. The minimum absolute atomic E-state index is 0. The number of hydrogen-bond acceptors (Lipinski definition) is 8. The number of rotatable bonds is 10. The van der Waals surface area contributed by atoms with E-state index in [-0.39, 0.29) is 55.8 Å². The number of hydrogen-bond donors (Lipinski definition) is 4. The second-order valence-electron chi connectivity index (χ2n) is 8.44. The van der Waals surface area contributed by atoms with E-state index in [1.807, 2.05) is 11.9 Å². The molecule has 4 N–H and O–H groups in total. The number of aromatic nitrogens is 1. The number of nitrogens with zero attached hydrogens (tertiary/aromatic N) is 4. The van der Waals surface area contributed by atoms with Crippen LogP contribution >= 0.6 is 0 Å². The fourth-order valence-electron chi connectivity index (χ4n) is 3.97. The first-order valence-corrected chi connectivity index (χ1v) is 11.1. The van der Waals surface area contributed by atoms with E-state index in [0.29, 0.717) is 37.6 Å². The molecule has 0 spiro atoms. The first-order chi connectivity index (χ1) is 16.1. The number of carboxylic acids is 4. The Morgan fingerprint density at radius 3 is 1.54 bits per heavy atom. The monoisotopic (exact) mass is 535 g/mol. The normalized spacial score (nSPS) is 17.7. The second kappa shape index (κ2) is 14.7. The fourth-order valence-corrected chi connectivity index (χ4v) is 3.97. The molecule has 0 amide bonds. The van der Waals surface area contributed by atoms with Crippen LogP contribution < -0.4 is 0 Å². The third-order valence-electron chi connectivity index (χ3n) is 5.85. The Kier molecular flexibility index (Phi) is 12.8. The van der Waals surface area contributed by atoms with Gasteiger partial charge in [0.25, 0.3) is 0 Å². The van der Waals surface area contributed by atoms with E-state index in [9.17, 15) is 29.4 Å². The van der Waals surface area contributed by atoms with Crippen molar-refractivity contribution in [2.45, 2.75) is 50.9 Å². The molecule has 195 valence electrons. The molecule has 0 aliphatic carbocycles. The Balaban J connectivity index is 0.00000612. The summed E-state index contributed by atoms with van der Waals surface area (Å²) >= 11 is 0. The van der Waals surface area contributed by atoms with Gasteiger partial charge in [0.1, 0.15) is 12.1 Å². The summed E-state index contributed by atoms with van der Waals surface area (Å²) in [7, 11) is 1.83. The molecule has 2 heterocycles. The molecular formula is C22H32MnN4O8. The Hall–Kier alpha value is -2.57. The predicted octanol–water partition coefficient (Wildman–Crippen LogP) is 0.265. The van der Waals surface area contributed by atoms with Crippen LogP contribution in [0.25, 0.3) is 0 Å². The average Bonchev–Trinajstić information content (AvgIpc) is 2.74. The van der Waals surface area contributed by atoms with Crippen molar-refractivity contribution in [1.82, 2.24) is 19.7 Å². The first kappa shape index (κ1) is 30.5. The van der Waals surface area contributed by atoms with Crippen LogP contribution in [0.5, 0.6) is 0 Å². The topological polar surface area (TPSA) is 172 Å². The molecule has 0 fully saturated rings. The summed E-state index contributed by atoms with van der Waals surface area (Å²) in [5.74, 6) is -4.32. The van der Waals surface area contributed by atoms with E-state index in [2.05, 4.69) is 4.98 Å². The number of fused-ring (bicyclic) bond motifs is 2. The minimum atomic E-state index is -1.10. The van der Waals surface area contributed by atoms with E-state index in [4.69, 9.17) is 10.2 Å². The summed E-state index contributed by atoms with van der Waals surface area (Å²) in [6.45, 7) is 2.02. The summed E-state index contributed by atoms with van der Waals surface area (Å²) in [6, 6.07) is 3.27. The van der Waals surface area contributed by atoms with Gasteiger partial charge in [-0.2, -0.15) is 0 Å². The molecule has 1 aromatic rings. The summed E-state index contributed by atoms with van der Waals surface area (Å²) in [6.07, 6.45) is -0.602. The van der Waals surface area contributed by atoms with Crippen LogP contribution in [0, 0.1) is 0 Å². The van der Waals surface area contributed by atoms with E-state index in [1.165, 1.54) is 0 Å². The smallest absolute Gasteiger partial charge is 0.320 e. The van der Waals surface area contributed by atoms with Crippen molar-refractivity contribution in [3.63, 3.8) is 0 Å². The largest absolute Gasteiger partial charge is 0.481 e. The molecule has 2 unspecified atom stereocenters. The van der Waals surface area contributed by atoms with Gasteiger partial charge in [-0.25, -0.2) is 0 Å². The van der Waals surface area contributed by atoms with Gasteiger partial charge in [-0.3, -0.25) is 34.0 Å². The molecule has 1 aliphatic rings. The van der Waals surface area contributed by atoms with E-state index >= 15 is 0 Å². The van der Waals surface area contributed by atoms with Crippen LogP contribution in [-0.4, -0.2) is 109 Å². The van der Waals surface area contributed by atoms with Gasteiger partial charge in [0.2, 0.25) is 0 Å². The summed E-state index contributed by atoms with van der Waals surface area (Å²) < 4.78 is 0. The zero-order valence-corrected chi connectivity index (χ0v) is 20.7. The maximum absolute atomic E-state index is 11.9. The van der Waals surface area contributed by atoms with E-state index in [1.54, 1.807) is 28.0 Å². The van der Waals surface area contributed by atoms with Crippen molar-refractivity contribution in [1.29, 1.82) is 0 Å². The molecule has 35 heavy (non-hydrogen) atoms. The van der Waals surface area contributed by atoms with Crippen LogP contribution in [0.15, 0.2) is 18.2 Å². The Labute approximate surface area is 214 Å². The molecular weight excluding hydrogens is 503 g/mol. The summed E-state index contributed by atoms with van der Waals surface area (Å²) in [5, 5.41) is 37.5. The predicted molar refractivity (Wildman–Crippen MR) is 119 cm³/mol. The van der Waals surface area contributed by atoms with Crippen LogP contribution in [0.1, 0.15) is 37.1 Å². The van der Waals surface area contributed by atoms with Crippen LogP contribution in [0.3, 0.4) is 0 Å². The van der Waals surface area contributed by atoms with Crippen molar-refractivity contribution in [2.24, 2.45) is 0 Å². The summed E-state index contributed by atoms with van der Waals surface area (Å²) in [4.78, 5) is 55.8. The van der Waals surface area contributed by atoms with Gasteiger partial charge in [-0.05, 0) is 32.0 Å². The van der Waals surface area contributed by atoms with E-state index < -0.39 is 36.0 Å². The Morgan fingerprint density at radius 1 is 0.800 bits per heavy atom. The SMILES string of the molecule is CN1CCN(C(CCC(=O)O)C(=O)O)Cc2cccc(n2)CN(C(CCC(=O)O)C(=O)O)CC1.[Mn]. The molecule has 1 aliphatic heterocycles. The number of aliphatic carboxylic acids is 4. The molecule has 0 aromatic carbocycles. The van der Waals surface area contributed by atoms with Gasteiger partial charge in [0, 0.05) is 69.2 Å². The fraction of sp³-hybridized carbons (Fsp3) is 0.591. The summed E-state index contributed by atoms with van der Waals surface area (Å²) in [5.41, 5.74) is 1.17. The standard InChI is InChI=1S/C22H32N4O8.Mn/c1-24-9-11-25(17(21(31)32)5-7-19(27)28)13-15-3-2-4-16(23-15)14-26(12-10-24)18(22(33)34)6-8-20(29)30;/h2-4,17-18H,5-14H2,1H3,(H,27,28)(H,29,30)(H,31,32)(H,33,34);. The van der Waals surface area contributed by atoms with Crippen molar-refractivity contribution in [3.8, 4) is 0 Å². The zero-order valence-electron chi connectivity index (χ0n) is 19.5. The van der Waals surface area contributed by atoms with Gasteiger partial charge in [-0.1, -0.05) is 6.07 Å². The molecule has 0 saturated carbocycles. The van der Waals surface area contributed by atoms with Gasteiger partial charge in [-0.15, -0.1) is 0 Å². The van der Waals surface area contributed by atoms with Gasteiger partial charge < -0.3 is 25.3 Å². The van der Waals surface area contributed by atoms with Crippen molar-refractivity contribution in [2.75, 3.05) is 33.2 Å². The number of likely N-dealkylation sites (N-methyl/N-ethyl adjacent to an activating group) is 1. The van der Waals surface area contributed by atoms with Crippen LogP contribution in [0.2, 0.25) is 0 Å². The quantitative estimate of drug-likeness (QED) is 0.302. The number of carbonyl (C=O) groups is 4. The zero-order chi connectivity index (χ0) is 25.3. The Morgan fingerprint density at radius 2 is 1.20 bits per heavy atom. The van der Waals surface area contributed by atoms with Gasteiger partial charge in [0.05, 0.1) is 11.4 Å². The third-order valence-corrected chi connectivity index (χ3v) is 5.85. The first-order valence-electron chi connectivity index (χ1n) is 11.1. The molecule has 2 rings (SSSR count). The minimum Gasteiger partial charge on any atom is -0.481 e. The third kappa shape index (κ3) is 10.3. The number of pyridine rings is 1. The van der Waals surface area contributed by atoms with Crippen molar-refractivity contribution < 1.29 is 56.7 Å². The molecule has 12 nitrogen and oxygen atoms in total. The van der Waals surface area contributed by atoms with Gasteiger partial charge in [0.15, 0.2) is 0 Å². The molecule has 2 bridgehead atoms. The Bertz CT molecular complexity index is 822. The van der Waals surface area contributed by atoms with Crippen molar-refractivity contribution in [3.05, 3.63) is 29.6 Å². The molecule has 2 atom stereocenters. The molecule has 1 radical (unpaired) electrons. The molecule has 1 aromatic heterocycles.